The van der Waals surface area contributed by atoms with Gasteiger partial charge in [0.15, 0.2) is 5.43 Å². The number of benzene rings is 2. The van der Waals surface area contributed by atoms with Gasteiger partial charge in [-0.3, -0.25) is 9.59 Å². The van der Waals surface area contributed by atoms with Crippen LogP contribution in [0.1, 0.15) is 24.5 Å². The maximum Gasteiger partial charge on any atom is 0.248 e. The normalized spacial score (nSPS) is 11.0. The molecule has 1 amide bonds. The Hall–Kier alpha value is -3.34. The van der Waals surface area contributed by atoms with E-state index in [4.69, 9.17) is 9.15 Å². The molecule has 0 aliphatic rings. The molecule has 3 rings (SSSR count). The largest absolute Gasteiger partial charge is 0.494 e. The highest BCUT2D eigenvalue weighted by molar-refractivity contribution is 6.02. The molecule has 5 heteroatoms. The number of rotatable bonds is 6. The number of fused-ring (bicyclic) bond motifs is 1. The second-order valence-corrected chi connectivity index (χ2v) is 6.22. The van der Waals surface area contributed by atoms with Crippen LogP contribution in [0.4, 0.5) is 5.69 Å². The number of carbonyl (C=O) groups is 1. The van der Waals surface area contributed by atoms with Crippen molar-refractivity contribution in [2.45, 2.75) is 20.3 Å². The molecule has 0 atom stereocenters. The van der Waals surface area contributed by atoms with Crippen molar-refractivity contribution < 1.29 is 13.9 Å². The Kier molecular flexibility index (Phi) is 5.71. The van der Waals surface area contributed by atoms with Crippen LogP contribution in [-0.2, 0) is 4.79 Å². The molecule has 1 aromatic heterocycles. The number of nitrogens with one attached hydrogen (secondary N) is 1. The van der Waals surface area contributed by atoms with Crippen LogP contribution < -0.4 is 15.5 Å². The Balaban J connectivity index is 1.70. The zero-order valence-corrected chi connectivity index (χ0v) is 15.3. The molecular weight excluding hydrogens is 342 g/mol. The Bertz CT molecular complexity index is 1030. The van der Waals surface area contributed by atoms with Gasteiger partial charge in [-0.25, -0.2) is 0 Å². The fraction of sp³-hybridized carbons (Fsp3) is 0.182. The summed E-state index contributed by atoms with van der Waals surface area (Å²) >= 11 is 0. The van der Waals surface area contributed by atoms with Gasteiger partial charge in [0.2, 0.25) is 5.91 Å². The van der Waals surface area contributed by atoms with Crippen molar-refractivity contribution in [3.8, 4) is 5.75 Å². The van der Waals surface area contributed by atoms with Gasteiger partial charge in [0, 0.05) is 11.8 Å². The predicted molar refractivity (Wildman–Crippen MR) is 107 cm³/mol. The number of aryl methyl sites for hydroxylation is 1. The number of ether oxygens (including phenoxy) is 1. The Morgan fingerprint density at radius 2 is 1.96 bits per heavy atom. The van der Waals surface area contributed by atoms with E-state index in [0.29, 0.717) is 28.8 Å². The molecule has 0 aliphatic heterocycles. The standard InChI is InChI=1S/C22H21NO4/c1-3-12-26-18-8-6-17(7-9-18)23-21(24)11-5-16-14-27-20-10-4-15(2)13-19(20)22(16)25/h4-11,13-14H,3,12H2,1-2H3,(H,23,24)/b11-5+. The number of carbonyl (C=O) groups excluding carboxylic acids is 1. The first-order chi connectivity index (χ1) is 13.1. The summed E-state index contributed by atoms with van der Waals surface area (Å²) in [5.41, 5.74) is 2.31. The molecule has 0 unspecified atom stereocenters. The van der Waals surface area contributed by atoms with Crippen molar-refractivity contribution in [3.63, 3.8) is 0 Å². The molecule has 3 aromatic rings. The molecule has 27 heavy (non-hydrogen) atoms. The van der Waals surface area contributed by atoms with Crippen LogP contribution in [0.25, 0.3) is 17.0 Å². The molecule has 1 N–H and O–H groups in total. The van der Waals surface area contributed by atoms with E-state index >= 15 is 0 Å². The van der Waals surface area contributed by atoms with Gasteiger partial charge in [0.25, 0.3) is 0 Å². The lowest BCUT2D eigenvalue weighted by molar-refractivity contribution is -0.111. The van der Waals surface area contributed by atoms with Gasteiger partial charge in [0.1, 0.15) is 17.6 Å². The highest BCUT2D eigenvalue weighted by Gasteiger charge is 2.06. The maximum atomic E-state index is 12.5. The van der Waals surface area contributed by atoms with Crippen molar-refractivity contribution in [3.05, 3.63) is 76.2 Å². The monoisotopic (exact) mass is 363 g/mol. The number of hydrogen-bond donors (Lipinski definition) is 1. The van der Waals surface area contributed by atoms with Crippen LogP contribution in [0, 0.1) is 6.92 Å². The van der Waals surface area contributed by atoms with E-state index in [1.165, 1.54) is 18.4 Å². The summed E-state index contributed by atoms with van der Waals surface area (Å²) < 4.78 is 11.0. The van der Waals surface area contributed by atoms with Gasteiger partial charge in [-0.2, -0.15) is 0 Å². The minimum Gasteiger partial charge on any atom is -0.494 e. The van der Waals surface area contributed by atoms with E-state index in [2.05, 4.69) is 5.32 Å². The van der Waals surface area contributed by atoms with E-state index in [9.17, 15) is 9.59 Å². The average Bonchev–Trinajstić information content (AvgIpc) is 2.67. The van der Waals surface area contributed by atoms with E-state index < -0.39 is 0 Å². The van der Waals surface area contributed by atoms with Crippen molar-refractivity contribution in [2.75, 3.05) is 11.9 Å². The van der Waals surface area contributed by atoms with Crippen LogP contribution in [-0.4, -0.2) is 12.5 Å². The molecule has 0 radical (unpaired) electrons. The molecule has 0 spiro atoms. The first-order valence-electron chi connectivity index (χ1n) is 8.81. The fourth-order valence-electron chi connectivity index (χ4n) is 2.58. The third-order valence-electron chi connectivity index (χ3n) is 3.96. The summed E-state index contributed by atoms with van der Waals surface area (Å²) in [5, 5.41) is 3.25. The molecule has 2 aromatic carbocycles. The van der Waals surface area contributed by atoms with Gasteiger partial charge in [-0.15, -0.1) is 0 Å². The van der Waals surface area contributed by atoms with E-state index in [1.54, 1.807) is 36.4 Å². The molecule has 0 bridgehead atoms. The van der Waals surface area contributed by atoms with Crippen molar-refractivity contribution >= 4 is 28.6 Å². The van der Waals surface area contributed by atoms with Gasteiger partial charge < -0.3 is 14.5 Å². The molecule has 138 valence electrons. The quantitative estimate of drug-likeness (QED) is 0.653. The SMILES string of the molecule is CCCOc1ccc(NC(=O)/C=C/c2coc3ccc(C)cc3c2=O)cc1. The van der Waals surface area contributed by atoms with Crippen molar-refractivity contribution in [1.29, 1.82) is 0 Å². The summed E-state index contributed by atoms with van der Waals surface area (Å²) in [7, 11) is 0. The summed E-state index contributed by atoms with van der Waals surface area (Å²) in [6.07, 6.45) is 5.08. The van der Waals surface area contributed by atoms with Crippen LogP contribution in [0.2, 0.25) is 0 Å². The molecule has 5 nitrogen and oxygen atoms in total. The van der Waals surface area contributed by atoms with Crippen LogP contribution in [0.3, 0.4) is 0 Å². The number of amides is 1. The topological polar surface area (TPSA) is 68.5 Å². The Morgan fingerprint density at radius 1 is 1.19 bits per heavy atom. The molecule has 0 saturated heterocycles. The summed E-state index contributed by atoms with van der Waals surface area (Å²) in [6, 6.07) is 12.6. The molecule has 1 heterocycles. The average molecular weight is 363 g/mol. The zero-order valence-electron chi connectivity index (χ0n) is 15.3. The second kappa shape index (κ2) is 8.36. The van der Waals surface area contributed by atoms with Crippen molar-refractivity contribution in [2.24, 2.45) is 0 Å². The zero-order chi connectivity index (χ0) is 19.2. The maximum absolute atomic E-state index is 12.5. The van der Waals surface area contributed by atoms with Gasteiger partial charge >= 0.3 is 0 Å². The first kappa shape index (κ1) is 18.5. The highest BCUT2D eigenvalue weighted by Crippen LogP contribution is 2.16. The minimum absolute atomic E-state index is 0.165. The Morgan fingerprint density at radius 3 is 2.70 bits per heavy atom. The predicted octanol–water partition coefficient (Wildman–Crippen LogP) is 4.54. The number of hydrogen-bond acceptors (Lipinski definition) is 4. The van der Waals surface area contributed by atoms with Gasteiger partial charge in [-0.05, 0) is 55.8 Å². The molecule has 0 fully saturated rings. The fourth-order valence-corrected chi connectivity index (χ4v) is 2.58. The van der Waals surface area contributed by atoms with Crippen molar-refractivity contribution in [1.82, 2.24) is 0 Å². The highest BCUT2D eigenvalue weighted by atomic mass is 16.5. The molecule has 0 saturated carbocycles. The minimum atomic E-state index is -0.332. The van der Waals surface area contributed by atoms with Gasteiger partial charge in [-0.1, -0.05) is 18.6 Å². The number of anilines is 1. The smallest absolute Gasteiger partial charge is 0.248 e. The summed E-state index contributed by atoms with van der Waals surface area (Å²) in [4.78, 5) is 24.6. The van der Waals surface area contributed by atoms with Crippen LogP contribution in [0.5, 0.6) is 5.75 Å². The van der Waals surface area contributed by atoms with E-state index in [0.717, 1.165) is 17.7 Å². The van der Waals surface area contributed by atoms with Gasteiger partial charge in [0.05, 0.1) is 17.6 Å². The summed E-state index contributed by atoms with van der Waals surface area (Å²) in [5.74, 6) is 0.426. The lowest BCUT2D eigenvalue weighted by atomic mass is 10.1. The third-order valence-corrected chi connectivity index (χ3v) is 3.96. The van der Waals surface area contributed by atoms with Crippen LogP contribution >= 0.6 is 0 Å². The lowest BCUT2D eigenvalue weighted by Gasteiger charge is -2.06. The van der Waals surface area contributed by atoms with E-state index in [1.807, 2.05) is 19.9 Å². The van der Waals surface area contributed by atoms with Crippen LogP contribution in [0.15, 0.2) is 64.0 Å². The molecular formula is C22H21NO4. The Labute approximate surface area is 157 Å². The molecule has 0 aliphatic carbocycles. The van der Waals surface area contributed by atoms with E-state index in [-0.39, 0.29) is 11.3 Å². The lowest BCUT2D eigenvalue weighted by Crippen LogP contribution is -2.09. The summed E-state index contributed by atoms with van der Waals surface area (Å²) in [6.45, 7) is 4.61. The second-order valence-electron chi connectivity index (χ2n) is 6.22. The third kappa shape index (κ3) is 4.64. The first-order valence-corrected chi connectivity index (χ1v) is 8.81.